The normalized spacial score (nSPS) is 11.0. The Hall–Kier alpha value is -3.48. The van der Waals surface area contributed by atoms with Crippen molar-refractivity contribution in [1.29, 1.82) is 0 Å². The van der Waals surface area contributed by atoms with Gasteiger partial charge in [0, 0.05) is 22.7 Å². The molecule has 3 rings (SSSR count). The van der Waals surface area contributed by atoms with Crippen LogP contribution >= 0.6 is 0 Å². The molecule has 146 valence electrons. The molecule has 0 aliphatic rings. The van der Waals surface area contributed by atoms with Crippen LogP contribution in [-0.4, -0.2) is 38.1 Å². The van der Waals surface area contributed by atoms with Crippen molar-refractivity contribution in [2.45, 2.75) is 13.1 Å². The van der Waals surface area contributed by atoms with Gasteiger partial charge in [-0.1, -0.05) is 24.3 Å². The molecule has 1 heterocycles. The Morgan fingerprint density at radius 2 is 1.89 bits per heavy atom. The second-order valence-electron chi connectivity index (χ2n) is 6.09. The van der Waals surface area contributed by atoms with Crippen LogP contribution < -0.4 is 14.9 Å². The van der Waals surface area contributed by atoms with E-state index in [1.54, 1.807) is 20.4 Å². The maximum absolute atomic E-state index is 11.6. The maximum atomic E-state index is 11.6. The van der Waals surface area contributed by atoms with Gasteiger partial charge in [-0.2, -0.15) is 5.10 Å². The third-order valence-electron chi connectivity index (χ3n) is 4.37. The van der Waals surface area contributed by atoms with Crippen LogP contribution in [0.15, 0.2) is 53.8 Å². The second kappa shape index (κ2) is 8.94. The van der Waals surface area contributed by atoms with Crippen LogP contribution in [0.1, 0.15) is 11.1 Å². The van der Waals surface area contributed by atoms with E-state index < -0.39 is 0 Å². The Labute approximate surface area is 163 Å². The summed E-state index contributed by atoms with van der Waals surface area (Å²) >= 11 is 0. The van der Waals surface area contributed by atoms with E-state index in [4.69, 9.17) is 14.2 Å². The number of hydrazone groups is 1. The minimum Gasteiger partial charge on any atom is -0.493 e. The first-order valence-electron chi connectivity index (χ1n) is 8.77. The fourth-order valence-electron chi connectivity index (χ4n) is 2.96. The standard InChI is InChI=1S/C21H23N3O4/c1-26-19-9-8-15(10-20(19)27-2)11-22-23-12-16-13-24(14-21(25)28-3)18-7-5-4-6-17(16)18/h4-10,12-13,22H,11,14H2,1-3H3/b23-12+. The molecule has 0 spiro atoms. The van der Waals surface area contributed by atoms with Crippen molar-refractivity contribution < 1.29 is 19.0 Å². The topological polar surface area (TPSA) is 74.1 Å². The predicted molar refractivity (Wildman–Crippen MR) is 108 cm³/mol. The van der Waals surface area contributed by atoms with E-state index >= 15 is 0 Å². The van der Waals surface area contributed by atoms with Crippen molar-refractivity contribution >= 4 is 23.1 Å². The minimum atomic E-state index is -0.296. The number of carbonyl (C=O) groups is 1. The highest BCUT2D eigenvalue weighted by Crippen LogP contribution is 2.27. The first kappa shape index (κ1) is 19.3. The van der Waals surface area contributed by atoms with Crippen LogP contribution in [0.25, 0.3) is 10.9 Å². The van der Waals surface area contributed by atoms with Crippen LogP contribution in [0, 0.1) is 0 Å². The number of methoxy groups -OCH3 is 3. The van der Waals surface area contributed by atoms with E-state index in [2.05, 4.69) is 10.5 Å². The number of nitrogens with zero attached hydrogens (tertiary/aromatic N) is 2. The third-order valence-corrected chi connectivity index (χ3v) is 4.37. The Bertz CT molecular complexity index is 994. The zero-order chi connectivity index (χ0) is 19.9. The summed E-state index contributed by atoms with van der Waals surface area (Å²) in [5, 5.41) is 5.34. The van der Waals surface area contributed by atoms with Crippen molar-refractivity contribution in [2.24, 2.45) is 5.10 Å². The summed E-state index contributed by atoms with van der Waals surface area (Å²) in [7, 11) is 4.60. The van der Waals surface area contributed by atoms with Gasteiger partial charge in [0.25, 0.3) is 0 Å². The number of fused-ring (bicyclic) bond motifs is 1. The molecule has 1 aromatic heterocycles. The lowest BCUT2D eigenvalue weighted by Crippen LogP contribution is -2.10. The van der Waals surface area contributed by atoms with Crippen molar-refractivity contribution in [3.05, 3.63) is 59.8 Å². The number of benzene rings is 2. The van der Waals surface area contributed by atoms with Crippen LogP contribution in [0.2, 0.25) is 0 Å². The summed E-state index contributed by atoms with van der Waals surface area (Å²) in [6.07, 6.45) is 3.64. The largest absolute Gasteiger partial charge is 0.493 e. The molecule has 0 aliphatic heterocycles. The van der Waals surface area contributed by atoms with Crippen LogP contribution in [0.5, 0.6) is 11.5 Å². The molecule has 7 nitrogen and oxygen atoms in total. The van der Waals surface area contributed by atoms with E-state index in [-0.39, 0.29) is 12.5 Å². The average molecular weight is 381 g/mol. The second-order valence-corrected chi connectivity index (χ2v) is 6.09. The summed E-state index contributed by atoms with van der Waals surface area (Å²) < 4.78 is 17.2. The van der Waals surface area contributed by atoms with E-state index in [1.165, 1.54) is 7.11 Å². The monoisotopic (exact) mass is 381 g/mol. The van der Waals surface area contributed by atoms with Crippen molar-refractivity contribution in [2.75, 3.05) is 21.3 Å². The molecule has 2 aromatic carbocycles. The smallest absolute Gasteiger partial charge is 0.325 e. The number of rotatable bonds is 8. The summed E-state index contributed by atoms with van der Waals surface area (Å²) in [6.45, 7) is 0.696. The summed E-state index contributed by atoms with van der Waals surface area (Å²) in [5.41, 5.74) is 5.92. The molecule has 0 fully saturated rings. The number of carbonyl (C=O) groups excluding carboxylic acids is 1. The van der Waals surface area contributed by atoms with Gasteiger partial charge in [0.05, 0.1) is 34.1 Å². The Morgan fingerprint density at radius 1 is 1.11 bits per heavy atom. The number of ether oxygens (including phenoxy) is 3. The Balaban J connectivity index is 1.72. The highest BCUT2D eigenvalue weighted by molar-refractivity contribution is 5.99. The summed E-state index contributed by atoms with van der Waals surface area (Å²) in [5.74, 6) is 1.07. The fourth-order valence-corrected chi connectivity index (χ4v) is 2.96. The molecule has 7 heteroatoms. The number of hydrogen-bond acceptors (Lipinski definition) is 6. The Morgan fingerprint density at radius 3 is 2.64 bits per heavy atom. The molecule has 3 aromatic rings. The van der Waals surface area contributed by atoms with Crippen LogP contribution in [0.3, 0.4) is 0 Å². The van der Waals surface area contributed by atoms with Gasteiger partial charge in [-0.25, -0.2) is 0 Å². The molecular weight excluding hydrogens is 358 g/mol. The van der Waals surface area contributed by atoms with Gasteiger partial charge in [-0.15, -0.1) is 0 Å². The SMILES string of the molecule is COC(=O)Cn1cc(/C=N/NCc2ccc(OC)c(OC)c2)c2ccccc21. The highest BCUT2D eigenvalue weighted by atomic mass is 16.5. The van der Waals surface area contributed by atoms with Crippen molar-refractivity contribution in [1.82, 2.24) is 9.99 Å². The molecule has 0 radical (unpaired) electrons. The van der Waals surface area contributed by atoms with Crippen LogP contribution in [0.4, 0.5) is 0 Å². The number of hydrogen-bond donors (Lipinski definition) is 1. The number of nitrogens with one attached hydrogen (secondary N) is 1. The average Bonchev–Trinajstić information content (AvgIpc) is 3.08. The highest BCUT2D eigenvalue weighted by Gasteiger charge is 2.10. The first-order valence-corrected chi connectivity index (χ1v) is 8.77. The predicted octanol–water partition coefficient (Wildman–Crippen LogP) is 2.96. The van der Waals surface area contributed by atoms with Gasteiger partial charge in [-0.3, -0.25) is 4.79 Å². The van der Waals surface area contributed by atoms with E-state index in [1.807, 2.05) is 53.2 Å². The minimum absolute atomic E-state index is 0.157. The maximum Gasteiger partial charge on any atom is 0.325 e. The zero-order valence-corrected chi connectivity index (χ0v) is 16.1. The first-order chi connectivity index (χ1) is 13.7. The van der Waals surface area contributed by atoms with Gasteiger partial charge < -0.3 is 24.2 Å². The third kappa shape index (κ3) is 4.25. The number of esters is 1. The van der Waals surface area contributed by atoms with Gasteiger partial charge in [0.2, 0.25) is 0 Å². The fraction of sp³-hybridized carbons (Fsp3) is 0.238. The lowest BCUT2D eigenvalue weighted by molar-refractivity contribution is -0.141. The molecule has 0 aliphatic carbocycles. The lowest BCUT2D eigenvalue weighted by Gasteiger charge is -2.09. The van der Waals surface area contributed by atoms with Gasteiger partial charge in [-0.05, 0) is 23.8 Å². The van der Waals surface area contributed by atoms with Gasteiger partial charge in [0.1, 0.15) is 6.54 Å². The molecule has 0 bridgehead atoms. The molecular formula is C21H23N3O4. The summed E-state index contributed by atoms with van der Waals surface area (Å²) in [6, 6.07) is 13.6. The van der Waals surface area contributed by atoms with E-state index in [0.29, 0.717) is 18.0 Å². The molecule has 0 unspecified atom stereocenters. The number of aromatic nitrogens is 1. The molecule has 0 atom stereocenters. The summed E-state index contributed by atoms with van der Waals surface area (Å²) in [4.78, 5) is 11.6. The molecule has 0 amide bonds. The number of para-hydroxylation sites is 1. The van der Waals surface area contributed by atoms with Crippen molar-refractivity contribution in [3.63, 3.8) is 0 Å². The molecule has 0 saturated carbocycles. The lowest BCUT2D eigenvalue weighted by atomic mass is 10.2. The van der Waals surface area contributed by atoms with Crippen LogP contribution in [-0.2, 0) is 22.6 Å². The van der Waals surface area contributed by atoms with Gasteiger partial charge >= 0.3 is 5.97 Å². The zero-order valence-electron chi connectivity index (χ0n) is 16.1. The quantitative estimate of drug-likeness (QED) is 0.369. The van der Waals surface area contributed by atoms with Crippen molar-refractivity contribution in [3.8, 4) is 11.5 Å². The molecule has 0 saturated heterocycles. The molecule has 1 N–H and O–H groups in total. The van der Waals surface area contributed by atoms with Gasteiger partial charge in [0.15, 0.2) is 11.5 Å². The van der Waals surface area contributed by atoms with E-state index in [9.17, 15) is 4.79 Å². The Kier molecular flexibility index (Phi) is 6.16. The molecule has 28 heavy (non-hydrogen) atoms. The van der Waals surface area contributed by atoms with E-state index in [0.717, 1.165) is 22.0 Å².